The van der Waals surface area contributed by atoms with Crippen LogP contribution in [0, 0.1) is 5.92 Å². The lowest BCUT2D eigenvalue weighted by atomic mass is 10.00. The Morgan fingerprint density at radius 2 is 2.00 bits per heavy atom. The number of benzene rings is 1. The number of aromatic nitrogens is 3. The van der Waals surface area contributed by atoms with Crippen molar-refractivity contribution in [3.8, 4) is 0 Å². The average molecular weight is 427 g/mol. The summed E-state index contributed by atoms with van der Waals surface area (Å²) in [5, 5.41) is 5.70. The summed E-state index contributed by atoms with van der Waals surface area (Å²) in [4.78, 5) is 17.6. The number of anilines is 2. The van der Waals surface area contributed by atoms with E-state index in [-0.39, 0.29) is 6.04 Å². The van der Waals surface area contributed by atoms with Crippen molar-refractivity contribution in [1.82, 2.24) is 19.9 Å². The van der Waals surface area contributed by atoms with Crippen LogP contribution < -0.4 is 10.2 Å². The number of halogens is 1. The van der Waals surface area contributed by atoms with Crippen molar-refractivity contribution < 1.29 is 0 Å². The summed E-state index contributed by atoms with van der Waals surface area (Å²) in [7, 11) is 0. The predicted octanol–water partition coefficient (Wildman–Crippen LogP) is 4.22. The third-order valence-electron chi connectivity index (χ3n) is 5.23. The molecular formula is C21H23ClN6S. The largest absolute Gasteiger partial charge is 0.342 e. The van der Waals surface area contributed by atoms with E-state index >= 15 is 0 Å². The van der Waals surface area contributed by atoms with Crippen molar-refractivity contribution in [3.05, 3.63) is 53.9 Å². The average Bonchev–Trinajstić information content (AvgIpc) is 2.73. The van der Waals surface area contributed by atoms with Crippen LogP contribution in [0.15, 0.2) is 48.8 Å². The lowest BCUT2D eigenvalue weighted by molar-refractivity contribution is 0.226. The lowest BCUT2D eigenvalue weighted by Crippen LogP contribution is -2.58. The van der Waals surface area contributed by atoms with Crippen LogP contribution in [0.2, 0.25) is 5.15 Å². The van der Waals surface area contributed by atoms with E-state index in [9.17, 15) is 0 Å². The highest BCUT2D eigenvalue weighted by Crippen LogP contribution is 2.25. The second-order valence-electron chi connectivity index (χ2n) is 7.44. The minimum Gasteiger partial charge on any atom is -0.342 e. The zero-order valence-electron chi connectivity index (χ0n) is 16.4. The standard InChI is InChI=1S/C21H23ClN6S/c1-14(2)18-13-27(20-24-10-8-19(22)26-20)11-12-28(18)21(29)25-17-7-3-6-16-15(17)5-4-9-23-16/h3-10,14,18H,11-13H2,1-2H3,(H,25,29). The molecule has 1 aromatic carbocycles. The molecule has 0 saturated carbocycles. The van der Waals surface area contributed by atoms with Crippen LogP contribution in [-0.4, -0.2) is 50.6 Å². The maximum absolute atomic E-state index is 6.06. The second kappa shape index (κ2) is 8.47. The molecule has 1 aliphatic rings. The molecule has 6 nitrogen and oxygen atoms in total. The van der Waals surface area contributed by atoms with Crippen LogP contribution in [0.25, 0.3) is 10.9 Å². The SMILES string of the molecule is CC(C)C1CN(c2nccc(Cl)n2)CCN1C(=S)Nc1cccc2ncccc12. The highest BCUT2D eigenvalue weighted by Gasteiger charge is 2.32. The van der Waals surface area contributed by atoms with Gasteiger partial charge in [-0.05, 0) is 48.5 Å². The van der Waals surface area contributed by atoms with Crippen molar-refractivity contribution in [2.45, 2.75) is 19.9 Å². The van der Waals surface area contributed by atoms with E-state index in [0.717, 1.165) is 41.3 Å². The summed E-state index contributed by atoms with van der Waals surface area (Å²) in [6.45, 7) is 6.78. The first-order valence-electron chi connectivity index (χ1n) is 9.68. The van der Waals surface area contributed by atoms with E-state index in [1.807, 2.05) is 24.3 Å². The molecule has 4 rings (SSSR count). The van der Waals surface area contributed by atoms with Crippen LogP contribution in [0.1, 0.15) is 13.8 Å². The Morgan fingerprint density at radius 1 is 1.14 bits per heavy atom. The van der Waals surface area contributed by atoms with Gasteiger partial charge in [0, 0.05) is 43.1 Å². The van der Waals surface area contributed by atoms with Gasteiger partial charge in [-0.1, -0.05) is 31.5 Å². The van der Waals surface area contributed by atoms with E-state index in [1.165, 1.54) is 0 Å². The molecule has 0 aliphatic carbocycles. The monoisotopic (exact) mass is 426 g/mol. The number of hydrogen-bond donors (Lipinski definition) is 1. The number of hydrogen-bond acceptors (Lipinski definition) is 5. The Labute approximate surface area is 180 Å². The molecule has 2 aromatic heterocycles. The van der Waals surface area contributed by atoms with Crippen LogP contribution in [0.3, 0.4) is 0 Å². The van der Waals surface area contributed by atoms with Gasteiger partial charge in [-0.15, -0.1) is 0 Å². The van der Waals surface area contributed by atoms with Crippen molar-refractivity contribution in [2.75, 3.05) is 29.9 Å². The molecule has 0 spiro atoms. The summed E-state index contributed by atoms with van der Waals surface area (Å²) in [6.07, 6.45) is 3.50. The molecule has 0 radical (unpaired) electrons. The van der Waals surface area contributed by atoms with Crippen LogP contribution in [0.5, 0.6) is 0 Å². The Kier molecular flexibility index (Phi) is 5.78. The smallest absolute Gasteiger partial charge is 0.226 e. The molecule has 1 saturated heterocycles. The number of rotatable bonds is 3. The maximum atomic E-state index is 6.06. The molecule has 1 aliphatic heterocycles. The van der Waals surface area contributed by atoms with Gasteiger partial charge >= 0.3 is 0 Å². The van der Waals surface area contributed by atoms with E-state index in [0.29, 0.717) is 17.0 Å². The quantitative estimate of drug-likeness (QED) is 0.497. The number of thiocarbonyl (C=S) groups is 1. The number of fused-ring (bicyclic) bond motifs is 1. The van der Waals surface area contributed by atoms with Crippen molar-refractivity contribution in [1.29, 1.82) is 0 Å². The Bertz CT molecular complexity index is 1020. The van der Waals surface area contributed by atoms with Crippen LogP contribution >= 0.6 is 23.8 Å². The van der Waals surface area contributed by atoms with Gasteiger partial charge in [0.1, 0.15) is 5.15 Å². The number of nitrogens with zero attached hydrogens (tertiary/aromatic N) is 5. The fourth-order valence-corrected chi connectivity index (χ4v) is 4.16. The topological polar surface area (TPSA) is 57.2 Å². The number of piperazine rings is 1. The van der Waals surface area contributed by atoms with Gasteiger partial charge in [0.2, 0.25) is 5.95 Å². The van der Waals surface area contributed by atoms with E-state index in [4.69, 9.17) is 23.8 Å². The highest BCUT2D eigenvalue weighted by molar-refractivity contribution is 7.80. The normalized spacial score (nSPS) is 17.0. The van der Waals surface area contributed by atoms with Gasteiger partial charge in [0.15, 0.2) is 5.11 Å². The zero-order valence-corrected chi connectivity index (χ0v) is 18.0. The van der Waals surface area contributed by atoms with Crippen molar-refractivity contribution >= 4 is 51.5 Å². The lowest BCUT2D eigenvalue weighted by Gasteiger charge is -2.44. The molecule has 29 heavy (non-hydrogen) atoms. The number of nitrogens with one attached hydrogen (secondary N) is 1. The predicted molar refractivity (Wildman–Crippen MR) is 123 cm³/mol. The third-order valence-corrected chi connectivity index (χ3v) is 5.78. The molecule has 0 bridgehead atoms. The molecule has 1 N–H and O–H groups in total. The molecule has 1 atom stereocenters. The summed E-state index contributed by atoms with van der Waals surface area (Å²) >= 11 is 11.9. The first-order chi connectivity index (χ1) is 14.0. The Balaban J connectivity index is 1.53. The summed E-state index contributed by atoms with van der Waals surface area (Å²) < 4.78 is 0. The minimum atomic E-state index is 0.236. The van der Waals surface area contributed by atoms with Crippen molar-refractivity contribution in [3.63, 3.8) is 0 Å². The van der Waals surface area contributed by atoms with Gasteiger partial charge in [0.05, 0.1) is 11.6 Å². The highest BCUT2D eigenvalue weighted by atomic mass is 35.5. The first-order valence-corrected chi connectivity index (χ1v) is 10.5. The first kappa shape index (κ1) is 19.8. The molecule has 8 heteroatoms. The van der Waals surface area contributed by atoms with Gasteiger partial charge in [0.25, 0.3) is 0 Å². The number of pyridine rings is 1. The summed E-state index contributed by atoms with van der Waals surface area (Å²) in [5.41, 5.74) is 1.92. The molecule has 1 fully saturated rings. The van der Waals surface area contributed by atoms with Gasteiger partial charge in [-0.2, -0.15) is 0 Å². The van der Waals surface area contributed by atoms with E-state index in [1.54, 1.807) is 18.5 Å². The van der Waals surface area contributed by atoms with E-state index in [2.05, 4.69) is 50.0 Å². The summed E-state index contributed by atoms with van der Waals surface area (Å²) in [5.74, 6) is 1.08. The molecule has 150 valence electrons. The van der Waals surface area contributed by atoms with Crippen molar-refractivity contribution in [2.24, 2.45) is 5.92 Å². The molecule has 0 amide bonds. The summed E-state index contributed by atoms with van der Waals surface area (Å²) in [6, 6.07) is 12.0. The maximum Gasteiger partial charge on any atom is 0.226 e. The molecule has 3 aromatic rings. The molecular weight excluding hydrogens is 404 g/mol. The molecule has 1 unspecified atom stereocenters. The van der Waals surface area contributed by atoms with Crippen LogP contribution in [0.4, 0.5) is 11.6 Å². The van der Waals surface area contributed by atoms with Gasteiger partial charge in [-0.25, -0.2) is 9.97 Å². The van der Waals surface area contributed by atoms with Gasteiger partial charge < -0.3 is 15.1 Å². The fourth-order valence-electron chi connectivity index (χ4n) is 3.69. The van der Waals surface area contributed by atoms with E-state index < -0.39 is 0 Å². The minimum absolute atomic E-state index is 0.236. The molecule has 3 heterocycles. The Morgan fingerprint density at radius 3 is 2.79 bits per heavy atom. The zero-order chi connectivity index (χ0) is 20.4. The van der Waals surface area contributed by atoms with Crippen LogP contribution in [-0.2, 0) is 0 Å². The Hall–Kier alpha value is -2.51. The second-order valence-corrected chi connectivity index (χ2v) is 8.21. The fraction of sp³-hybridized carbons (Fsp3) is 0.333. The third kappa shape index (κ3) is 4.26. The van der Waals surface area contributed by atoms with Gasteiger partial charge in [-0.3, -0.25) is 4.98 Å².